The Morgan fingerprint density at radius 1 is 1.14 bits per heavy atom. The Morgan fingerprint density at radius 2 is 1.80 bits per heavy atom. The molecule has 3 rings (SSSR count). The van der Waals surface area contributed by atoms with Crippen molar-refractivity contribution in [3.8, 4) is 17.2 Å². The van der Waals surface area contributed by atoms with E-state index in [9.17, 15) is 23.1 Å². The topological polar surface area (TPSA) is 73.6 Å². The molecule has 188 valence electrons. The number of aromatic nitrogens is 2. The summed E-state index contributed by atoms with van der Waals surface area (Å²) in [7, 11) is 0. The predicted octanol–water partition coefficient (Wildman–Crippen LogP) is 6.19. The fourth-order valence-corrected chi connectivity index (χ4v) is 3.53. The van der Waals surface area contributed by atoms with E-state index < -0.39 is 23.3 Å². The highest BCUT2D eigenvalue weighted by molar-refractivity contribution is 5.76. The molecule has 1 atom stereocenters. The van der Waals surface area contributed by atoms with E-state index >= 15 is 0 Å². The van der Waals surface area contributed by atoms with Crippen LogP contribution in [0, 0.1) is 6.92 Å². The number of carboxylic acids is 1. The largest absolute Gasteiger partial charge is 0.493 e. The molecule has 35 heavy (non-hydrogen) atoms. The summed E-state index contributed by atoms with van der Waals surface area (Å²) in [6, 6.07) is 10.0. The van der Waals surface area contributed by atoms with Gasteiger partial charge >= 0.3 is 12.1 Å². The van der Waals surface area contributed by atoms with Crippen LogP contribution in [0.2, 0.25) is 0 Å². The quantitative estimate of drug-likeness (QED) is 0.387. The molecule has 0 saturated heterocycles. The first kappa shape index (κ1) is 26.1. The van der Waals surface area contributed by atoms with Gasteiger partial charge in [0, 0.05) is 12.1 Å². The van der Waals surface area contributed by atoms with Gasteiger partial charge in [0.2, 0.25) is 0 Å². The van der Waals surface area contributed by atoms with Crippen molar-refractivity contribution in [3.05, 3.63) is 71.0 Å². The number of hydrogen-bond donors (Lipinski definition) is 1. The summed E-state index contributed by atoms with van der Waals surface area (Å²) in [5.74, 6) is -0.0193. The number of aliphatic carboxylic acids is 1. The van der Waals surface area contributed by atoms with Crippen molar-refractivity contribution < 1.29 is 32.5 Å². The standard InChI is InChI=1S/C26H29F3N2O4/c1-6-22-21(14-31(30-22)19-9-7-18(8-10-19)26(27,28)29)17(3)15-34-23-12-11-20(13-16(23)2)35-25(4,5)24(32)33/h7-14,17H,6,15H2,1-5H3,(H,32,33). The van der Waals surface area contributed by atoms with E-state index in [-0.39, 0.29) is 5.92 Å². The van der Waals surface area contributed by atoms with Crippen molar-refractivity contribution in [2.45, 2.75) is 58.7 Å². The summed E-state index contributed by atoms with van der Waals surface area (Å²) in [4.78, 5) is 11.3. The Labute approximate surface area is 202 Å². The number of nitrogens with zero attached hydrogens (tertiary/aromatic N) is 2. The minimum absolute atomic E-state index is 0.0329. The van der Waals surface area contributed by atoms with Crippen molar-refractivity contribution in [2.75, 3.05) is 6.61 Å². The first-order valence-corrected chi connectivity index (χ1v) is 11.2. The van der Waals surface area contributed by atoms with Crippen LogP contribution in [0.25, 0.3) is 5.69 Å². The lowest BCUT2D eigenvalue weighted by molar-refractivity contribution is -0.152. The number of carbonyl (C=O) groups is 1. The summed E-state index contributed by atoms with van der Waals surface area (Å²) >= 11 is 0. The molecule has 6 nitrogen and oxygen atoms in total. The normalized spacial score (nSPS) is 12.9. The average molecular weight is 491 g/mol. The number of benzene rings is 2. The molecule has 0 spiro atoms. The highest BCUT2D eigenvalue weighted by atomic mass is 19.4. The second-order valence-corrected chi connectivity index (χ2v) is 8.93. The number of ether oxygens (including phenoxy) is 2. The van der Waals surface area contributed by atoms with Gasteiger partial charge in [0.05, 0.1) is 23.6 Å². The Kier molecular flexibility index (Phi) is 7.47. The lowest BCUT2D eigenvalue weighted by Gasteiger charge is -2.22. The Balaban J connectivity index is 1.72. The van der Waals surface area contributed by atoms with Crippen molar-refractivity contribution in [1.82, 2.24) is 9.78 Å². The summed E-state index contributed by atoms with van der Waals surface area (Å²) in [5, 5.41) is 13.8. The SMILES string of the molecule is CCc1nn(-c2ccc(C(F)(F)F)cc2)cc1C(C)COc1ccc(OC(C)(C)C(=O)O)cc1C. The molecule has 9 heteroatoms. The number of hydrogen-bond acceptors (Lipinski definition) is 4. The summed E-state index contributed by atoms with van der Waals surface area (Å²) in [5.41, 5.74) is 1.08. The third-order valence-electron chi connectivity index (χ3n) is 5.67. The summed E-state index contributed by atoms with van der Waals surface area (Å²) in [6.45, 7) is 9.13. The van der Waals surface area contributed by atoms with Crippen molar-refractivity contribution in [2.24, 2.45) is 0 Å². The third kappa shape index (κ3) is 6.15. The first-order valence-electron chi connectivity index (χ1n) is 11.2. The molecule has 0 aliphatic heterocycles. The molecule has 0 aliphatic rings. The van der Waals surface area contributed by atoms with Gasteiger partial charge in [0.25, 0.3) is 0 Å². The van der Waals surface area contributed by atoms with Gasteiger partial charge in [-0.05, 0) is 80.8 Å². The number of aryl methyl sites for hydroxylation is 2. The molecule has 0 fully saturated rings. The fraction of sp³-hybridized carbons (Fsp3) is 0.385. The average Bonchev–Trinajstić information content (AvgIpc) is 3.22. The second kappa shape index (κ2) is 10.0. The lowest BCUT2D eigenvalue weighted by atomic mass is 10.0. The Morgan fingerprint density at radius 3 is 2.34 bits per heavy atom. The molecular formula is C26H29F3N2O4. The number of carboxylic acid groups (broad SMARTS) is 1. The van der Waals surface area contributed by atoms with Crippen LogP contribution < -0.4 is 9.47 Å². The molecular weight excluding hydrogens is 461 g/mol. The zero-order valence-electron chi connectivity index (χ0n) is 20.3. The maximum Gasteiger partial charge on any atom is 0.416 e. The molecule has 0 bridgehead atoms. The van der Waals surface area contributed by atoms with Crippen LogP contribution in [-0.4, -0.2) is 33.1 Å². The van der Waals surface area contributed by atoms with Crippen LogP contribution in [0.15, 0.2) is 48.7 Å². The smallest absolute Gasteiger partial charge is 0.416 e. The molecule has 0 amide bonds. The Hall–Kier alpha value is -3.49. The maximum atomic E-state index is 12.9. The van der Waals surface area contributed by atoms with E-state index in [0.29, 0.717) is 30.2 Å². The van der Waals surface area contributed by atoms with Crippen LogP contribution >= 0.6 is 0 Å². The molecule has 2 aromatic carbocycles. The number of rotatable bonds is 9. The van der Waals surface area contributed by atoms with Gasteiger partial charge in [-0.15, -0.1) is 0 Å². The van der Waals surface area contributed by atoms with E-state index in [1.807, 2.05) is 27.0 Å². The van der Waals surface area contributed by atoms with Crippen LogP contribution in [0.4, 0.5) is 13.2 Å². The molecule has 0 aliphatic carbocycles. The van der Waals surface area contributed by atoms with E-state index in [0.717, 1.165) is 29.0 Å². The second-order valence-electron chi connectivity index (χ2n) is 8.93. The third-order valence-corrected chi connectivity index (χ3v) is 5.67. The van der Waals surface area contributed by atoms with Crippen molar-refractivity contribution >= 4 is 5.97 Å². The molecule has 1 N–H and O–H groups in total. The zero-order chi connectivity index (χ0) is 26.0. The van der Waals surface area contributed by atoms with Gasteiger partial charge in [-0.25, -0.2) is 9.48 Å². The summed E-state index contributed by atoms with van der Waals surface area (Å²) < 4.78 is 51.8. The highest BCUT2D eigenvalue weighted by Crippen LogP contribution is 2.31. The van der Waals surface area contributed by atoms with Crippen molar-refractivity contribution in [1.29, 1.82) is 0 Å². The monoisotopic (exact) mass is 490 g/mol. The van der Waals surface area contributed by atoms with E-state index in [4.69, 9.17) is 9.47 Å². The van der Waals surface area contributed by atoms with Crippen LogP contribution in [0.1, 0.15) is 56.0 Å². The number of alkyl halides is 3. The van der Waals surface area contributed by atoms with E-state index in [1.54, 1.807) is 22.9 Å². The minimum Gasteiger partial charge on any atom is -0.493 e. The van der Waals surface area contributed by atoms with Crippen LogP contribution in [-0.2, 0) is 17.4 Å². The number of halogens is 3. The molecule has 0 saturated carbocycles. The van der Waals surface area contributed by atoms with Gasteiger partial charge < -0.3 is 14.6 Å². The van der Waals surface area contributed by atoms with E-state index in [2.05, 4.69) is 5.10 Å². The molecule has 0 radical (unpaired) electrons. The van der Waals surface area contributed by atoms with Gasteiger partial charge in [0.15, 0.2) is 5.60 Å². The van der Waals surface area contributed by atoms with Crippen LogP contribution in [0.3, 0.4) is 0 Å². The lowest BCUT2D eigenvalue weighted by Crippen LogP contribution is -2.37. The van der Waals surface area contributed by atoms with E-state index in [1.165, 1.54) is 26.0 Å². The highest BCUT2D eigenvalue weighted by Gasteiger charge is 2.30. The predicted molar refractivity (Wildman–Crippen MR) is 125 cm³/mol. The molecule has 1 unspecified atom stereocenters. The van der Waals surface area contributed by atoms with Gasteiger partial charge in [-0.3, -0.25) is 0 Å². The fourth-order valence-electron chi connectivity index (χ4n) is 3.53. The van der Waals surface area contributed by atoms with Gasteiger partial charge in [0.1, 0.15) is 11.5 Å². The first-order chi connectivity index (χ1) is 16.3. The molecule has 1 aromatic heterocycles. The summed E-state index contributed by atoms with van der Waals surface area (Å²) in [6.07, 6.45) is -1.89. The van der Waals surface area contributed by atoms with Crippen molar-refractivity contribution in [3.63, 3.8) is 0 Å². The zero-order valence-corrected chi connectivity index (χ0v) is 20.3. The molecule has 3 aromatic rings. The Bertz CT molecular complexity index is 1180. The van der Waals surface area contributed by atoms with Gasteiger partial charge in [-0.1, -0.05) is 13.8 Å². The minimum atomic E-state index is -4.39. The van der Waals surface area contributed by atoms with Gasteiger partial charge in [-0.2, -0.15) is 18.3 Å². The van der Waals surface area contributed by atoms with Crippen LogP contribution in [0.5, 0.6) is 11.5 Å². The molecule has 1 heterocycles. The maximum absolute atomic E-state index is 12.9.